The number of hydrogen-bond donors (Lipinski definition) is 1. The lowest BCUT2D eigenvalue weighted by molar-refractivity contribution is -0.299. The molecule has 2 heterocycles. The largest absolute Gasteiger partial charge is 0.390 e. The molecule has 3 aromatic carbocycles. The van der Waals surface area contributed by atoms with E-state index in [-0.39, 0.29) is 6.10 Å². The van der Waals surface area contributed by atoms with Crippen molar-refractivity contribution in [3.05, 3.63) is 120 Å². The van der Waals surface area contributed by atoms with Crippen LogP contribution in [0.4, 0.5) is 0 Å². The molecule has 2 aliphatic rings. The van der Waals surface area contributed by atoms with E-state index in [9.17, 15) is 5.11 Å². The second-order valence-corrected chi connectivity index (χ2v) is 9.84. The fourth-order valence-electron chi connectivity index (χ4n) is 5.13. The highest BCUT2D eigenvalue weighted by Gasteiger charge is 2.52. The topological polar surface area (TPSA) is 66.4 Å². The molecule has 1 N–H and O–H groups in total. The van der Waals surface area contributed by atoms with Crippen molar-refractivity contribution in [3.8, 4) is 0 Å². The Morgan fingerprint density at radius 3 is 1.82 bits per heavy atom. The molecule has 2 fully saturated rings. The van der Waals surface area contributed by atoms with E-state index >= 15 is 0 Å². The van der Waals surface area contributed by atoms with Crippen molar-refractivity contribution >= 4 is 0 Å². The van der Waals surface area contributed by atoms with E-state index in [4.69, 9.17) is 23.7 Å². The summed E-state index contributed by atoms with van der Waals surface area (Å²) in [5.41, 5.74) is 3.21. The first kappa shape index (κ1) is 26.8. The second kappa shape index (κ2) is 13.3. The highest BCUT2D eigenvalue weighted by atomic mass is 16.6. The molecule has 2 saturated heterocycles. The summed E-state index contributed by atoms with van der Waals surface area (Å²) in [7, 11) is 0. The third kappa shape index (κ3) is 6.77. The molecule has 0 radical (unpaired) electrons. The molecular weight excluding hydrogens is 480 g/mol. The summed E-state index contributed by atoms with van der Waals surface area (Å²) in [5, 5.41) is 10.7. The van der Waals surface area contributed by atoms with Crippen LogP contribution < -0.4 is 0 Å². The Morgan fingerprint density at radius 2 is 1.26 bits per heavy atom. The van der Waals surface area contributed by atoms with Gasteiger partial charge in [0.2, 0.25) is 0 Å². The number of aliphatic hydroxyl groups excluding tert-OH is 1. The third-order valence-corrected chi connectivity index (χ3v) is 7.09. The van der Waals surface area contributed by atoms with Crippen LogP contribution in [0.25, 0.3) is 0 Å². The maximum Gasteiger partial charge on any atom is 0.115 e. The van der Waals surface area contributed by atoms with E-state index < -0.39 is 36.6 Å². The van der Waals surface area contributed by atoms with E-state index in [1.165, 1.54) is 0 Å². The number of rotatable bonds is 11. The van der Waals surface area contributed by atoms with Gasteiger partial charge < -0.3 is 28.8 Å². The average molecular weight is 517 g/mol. The Labute approximate surface area is 224 Å². The minimum atomic E-state index is -0.698. The van der Waals surface area contributed by atoms with Gasteiger partial charge in [-0.15, -0.1) is 6.58 Å². The van der Waals surface area contributed by atoms with Gasteiger partial charge in [-0.1, -0.05) is 97.1 Å². The van der Waals surface area contributed by atoms with Crippen molar-refractivity contribution in [2.45, 2.75) is 69.0 Å². The van der Waals surface area contributed by atoms with Crippen molar-refractivity contribution in [1.29, 1.82) is 0 Å². The molecule has 0 aromatic heterocycles. The molecule has 0 bridgehead atoms. The van der Waals surface area contributed by atoms with Crippen LogP contribution in [-0.2, 0) is 43.5 Å². The highest BCUT2D eigenvalue weighted by Crippen LogP contribution is 2.36. The monoisotopic (exact) mass is 516 g/mol. The smallest absolute Gasteiger partial charge is 0.115 e. The Bertz CT molecular complexity index is 1110. The highest BCUT2D eigenvalue weighted by molar-refractivity contribution is 5.16. The second-order valence-electron chi connectivity index (χ2n) is 9.84. The number of ether oxygens (including phenoxy) is 5. The summed E-state index contributed by atoms with van der Waals surface area (Å²) >= 11 is 0. The molecule has 0 unspecified atom stereocenters. The van der Waals surface area contributed by atoms with Gasteiger partial charge in [0, 0.05) is 6.42 Å². The lowest BCUT2D eigenvalue weighted by atomic mass is 9.88. The van der Waals surface area contributed by atoms with Crippen LogP contribution in [0.15, 0.2) is 104 Å². The molecule has 0 amide bonds. The predicted molar refractivity (Wildman–Crippen MR) is 144 cm³/mol. The van der Waals surface area contributed by atoms with Crippen molar-refractivity contribution in [3.63, 3.8) is 0 Å². The predicted octanol–water partition coefficient (Wildman–Crippen LogP) is 4.85. The van der Waals surface area contributed by atoms with E-state index in [0.717, 1.165) is 16.7 Å². The van der Waals surface area contributed by atoms with Crippen LogP contribution in [-0.4, -0.2) is 54.4 Å². The van der Waals surface area contributed by atoms with Gasteiger partial charge in [0.25, 0.3) is 0 Å². The molecule has 38 heavy (non-hydrogen) atoms. The lowest BCUT2D eigenvalue weighted by Crippen LogP contribution is -2.65. The maximum absolute atomic E-state index is 10.7. The molecule has 0 spiro atoms. The molecule has 2 aliphatic heterocycles. The average Bonchev–Trinajstić information content (AvgIpc) is 2.96. The van der Waals surface area contributed by atoms with Crippen molar-refractivity contribution in [1.82, 2.24) is 0 Å². The number of fused-ring (bicyclic) bond motifs is 1. The first-order valence-corrected chi connectivity index (χ1v) is 13.3. The number of aliphatic hydroxyl groups is 1. The van der Waals surface area contributed by atoms with E-state index in [1.54, 1.807) is 6.08 Å². The zero-order chi connectivity index (χ0) is 26.2. The van der Waals surface area contributed by atoms with Crippen molar-refractivity contribution in [2.75, 3.05) is 6.61 Å². The molecule has 6 nitrogen and oxygen atoms in total. The molecule has 3 aromatic rings. The van der Waals surface area contributed by atoms with Crippen LogP contribution >= 0.6 is 0 Å². The summed E-state index contributed by atoms with van der Waals surface area (Å²) in [6.45, 7) is 5.45. The van der Waals surface area contributed by atoms with Crippen LogP contribution in [0.5, 0.6) is 0 Å². The Kier molecular flexibility index (Phi) is 9.36. The van der Waals surface area contributed by atoms with Crippen molar-refractivity contribution in [2.24, 2.45) is 0 Å². The summed E-state index contributed by atoms with van der Waals surface area (Å²) in [5.74, 6) is 0. The molecule has 200 valence electrons. The molecule has 5 rings (SSSR count). The van der Waals surface area contributed by atoms with E-state index in [0.29, 0.717) is 32.8 Å². The number of hydrogen-bond acceptors (Lipinski definition) is 6. The summed E-state index contributed by atoms with van der Waals surface area (Å²) in [6.07, 6.45) is -1.19. The maximum atomic E-state index is 10.7. The van der Waals surface area contributed by atoms with E-state index in [1.807, 2.05) is 91.0 Å². The van der Waals surface area contributed by atoms with Crippen LogP contribution in [0.1, 0.15) is 23.1 Å². The summed E-state index contributed by atoms with van der Waals surface area (Å²) in [4.78, 5) is 0. The zero-order valence-electron chi connectivity index (χ0n) is 21.5. The fourth-order valence-corrected chi connectivity index (χ4v) is 5.13. The third-order valence-electron chi connectivity index (χ3n) is 7.09. The minimum absolute atomic E-state index is 0.323. The normalized spacial score (nSPS) is 28.9. The van der Waals surface area contributed by atoms with Gasteiger partial charge in [-0.2, -0.15) is 0 Å². The lowest BCUT2D eigenvalue weighted by Gasteiger charge is -2.50. The van der Waals surface area contributed by atoms with Gasteiger partial charge in [0.15, 0.2) is 0 Å². The zero-order valence-corrected chi connectivity index (χ0v) is 21.5. The molecule has 0 aliphatic carbocycles. The number of benzene rings is 3. The van der Waals surface area contributed by atoms with Crippen LogP contribution in [0.2, 0.25) is 0 Å². The van der Waals surface area contributed by atoms with Crippen LogP contribution in [0, 0.1) is 0 Å². The minimum Gasteiger partial charge on any atom is -0.390 e. The molecule has 6 heteroatoms. The Balaban J connectivity index is 1.37. The first-order chi connectivity index (χ1) is 18.7. The standard InChI is InChI=1S/C32H36O6/c1-2-27-26(33)18-28-31(38-27)32(36-21-25-16-10-5-11-17-25)30(35-20-24-14-8-4-9-15-24)29(37-28)22-34-19-23-12-6-3-7-13-23/h2-17,26-33H,1,18-22H2/t26-,27+,28+,29+,30+,31-,32-/m0/s1. The van der Waals surface area contributed by atoms with Gasteiger partial charge in [0.05, 0.1) is 38.6 Å². The molecular formula is C32H36O6. The van der Waals surface area contributed by atoms with Gasteiger partial charge in [0.1, 0.15) is 30.5 Å². The van der Waals surface area contributed by atoms with Gasteiger partial charge >= 0.3 is 0 Å². The summed E-state index contributed by atoms with van der Waals surface area (Å²) < 4.78 is 32.1. The van der Waals surface area contributed by atoms with Gasteiger partial charge in [-0.3, -0.25) is 0 Å². The molecule has 7 atom stereocenters. The fraction of sp³-hybridized carbons (Fsp3) is 0.375. The quantitative estimate of drug-likeness (QED) is 0.368. The Hall–Kier alpha value is -2.84. The van der Waals surface area contributed by atoms with E-state index in [2.05, 4.69) is 6.58 Å². The van der Waals surface area contributed by atoms with Gasteiger partial charge in [-0.05, 0) is 16.7 Å². The summed E-state index contributed by atoms with van der Waals surface area (Å²) in [6, 6.07) is 30.2. The Morgan fingerprint density at radius 1 is 0.737 bits per heavy atom. The first-order valence-electron chi connectivity index (χ1n) is 13.3. The SMILES string of the molecule is C=C[C@H]1O[C@@H]2[C@@H](OCc3ccccc3)[C@H](OCc3ccccc3)[C@@H](COCc3ccccc3)O[C@@H]2C[C@@H]1O. The van der Waals surface area contributed by atoms with Crippen molar-refractivity contribution < 1.29 is 28.8 Å². The molecule has 0 saturated carbocycles. The van der Waals surface area contributed by atoms with Gasteiger partial charge in [-0.25, -0.2) is 0 Å². The van der Waals surface area contributed by atoms with Crippen LogP contribution in [0.3, 0.4) is 0 Å².